The highest BCUT2D eigenvalue weighted by Crippen LogP contribution is 2.24. The van der Waals surface area contributed by atoms with Crippen molar-refractivity contribution in [3.63, 3.8) is 0 Å². The Kier molecular flexibility index (Phi) is 5.07. The van der Waals surface area contributed by atoms with Gasteiger partial charge in [-0.25, -0.2) is 12.8 Å². The molecule has 0 radical (unpaired) electrons. The molecule has 0 aliphatic rings. The Labute approximate surface area is 117 Å². The number of carbonyl (C=O) groups excluding carboxylic acids is 1. The van der Waals surface area contributed by atoms with Gasteiger partial charge in [-0.15, -0.1) is 0 Å². The number of benzene rings is 1. The van der Waals surface area contributed by atoms with Crippen LogP contribution in [0, 0.1) is 12.7 Å². The van der Waals surface area contributed by atoms with E-state index in [9.17, 15) is 17.6 Å². The van der Waals surface area contributed by atoms with Crippen molar-refractivity contribution in [1.29, 1.82) is 0 Å². The van der Waals surface area contributed by atoms with E-state index in [0.717, 1.165) is 16.4 Å². The molecule has 1 aromatic carbocycles. The molecule has 1 aromatic rings. The number of hydrogen-bond donors (Lipinski definition) is 1. The Hall–Kier alpha value is -1.67. The highest BCUT2D eigenvalue weighted by Gasteiger charge is 2.27. The molecule has 0 saturated heterocycles. The molecule has 0 fully saturated rings. The first-order valence-electron chi connectivity index (χ1n) is 5.86. The third-order valence-corrected chi connectivity index (χ3v) is 4.86. The van der Waals surface area contributed by atoms with E-state index in [0.29, 0.717) is 0 Å². The Morgan fingerprint density at radius 2 is 2.05 bits per heavy atom. The highest BCUT2D eigenvalue weighted by atomic mass is 32.2. The van der Waals surface area contributed by atoms with E-state index in [1.165, 1.54) is 14.0 Å². The molecule has 2 N–H and O–H groups in total. The monoisotopic (exact) mass is 304 g/mol. The van der Waals surface area contributed by atoms with Gasteiger partial charge in [-0.1, -0.05) is 6.92 Å². The molecule has 20 heavy (non-hydrogen) atoms. The van der Waals surface area contributed by atoms with E-state index >= 15 is 0 Å². The van der Waals surface area contributed by atoms with Gasteiger partial charge < -0.3 is 10.5 Å². The summed E-state index contributed by atoms with van der Waals surface area (Å²) < 4.78 is 43.6. The van der Waals surface area contributed by atoms with Crippen LogP contribution in [0.2, 0.25) is 0 Å². The number of rotatable bonds is 5. The van der Waals surface area contributed by atoms with Gasteiger partial charge in [0.2, 0.25) is 10.0 Å². The Balaban J connectivity index is 3.27. The summed E-state index contributed by atoms with van der Waals surface area (Å²) in [6.45, 7) is 2.71. The molecule has 0 heterocycles. The lowest BCUT2D eigenvalue weighted by Crippen LogP contribution is -2.36. The van der Waals surface area contributed by atoms with E-state index in [1.807, 2.05) is 0 Å². The summed E-state index contributed by atoms with van der Waals surface area (Å²) in [6, 6.07) is 2.11. The summed E-state index contributed by atoms with van der Waals surface area (Å²) in [7, 11) is -2.77. The van der Waals surface area contributed by atoms with Crippen LogP contribution in [0.3, 0.4) is 0 Å². The van der Waals surface area contributed by atoms with Gasteiger partial charge >= 0.3 is 5.97 Å². The van der Waals surface area contributed by atoms with Crippen LogP contribution in [0.4, 0.5) is 10.1 Å². The van der Waals surface area contributed by atoms with Crippen LogP contribution in [0.25, 0.3) is 0 Å². The van der Waals surface area contributed by atoms with Gasteiger partial charge in [0, 0.05) is 6.54 Å². The summed E-state index contributed by atoms with van der Waals surface area (Å²) >= 11 is 0. The number of aryl methyl sites for hydroxylation is 1. The van der Waals surface area contributed by atoms with Crippen molar-refractivity contribution in [3.05, 3.63) is 23.5 Å². The van der Waals surface area contributed by atoms with Crippen LogP contribution in [0.5, 0.6) is 0 Å². The number of anilines is 1. The van der Waals surface area contributed by atoms with Crippen molar-refractivity contribution in [3.8, 4) is 0 Å². The smallest absolute Gasteiger partial charge is 0.321 e. The molecule has 1 rings (SSSR count). The number of esters is 1. The normalized spacial score (nSPS) is 11.7. The molecule has 0 spiro atoms. The largest absolute Gasteiger partial charge is 0.468 e. The number of nitrogens with two attached hydrogens (primary N) is 1. The van der Waals surface area contributed by atoms with Crippen LogP contribution >= 0.6 is 0 Å². The number of hydrogen-bond acceptors (Lipinski definition) is 5. The van der Waals surface area contributed by atoms with Gasteiger partial charge in [0.1, 0.15) is 12.4 Å². The van der Waals surface area contributed by atoms with Crippen molar-refractivity contribution < 1.29 is 22.3 Å². The van der Waals surface area contributed by atoms with Gasteiger partial charge in [0.05, 0.1) is 17.7 Å². The predicted molar refractivity (Wildman–Crippen MR) is 72.0 cm³/mol. The third kappa shape index (κ3) is 3.26. The maximum Gasteiger partial charge on any atom is 0.321 e. The second kappa shape index (κ2) is 6.19. The minimum Gasteiger partial charge on any atom is -0.468 e. The Bertz CT molecular complexity index is 616. The molecule has 0 aliphatic carbocycles. The topological polar surface area (TPSA) is 89.7 Å². The maximum absolute atomic E-state index is 13.3. The number of ether oxygens (including phenoxy) is 1. The number of methoxy groups -OCH3 is 1. The molecule has 0 bridgehead atoms. The highest BCUT2D eigenvalue weighted by molar-refractivity contribution is 7.89. The molecule has 0 atom stereocenters. The Morgan fingerprint density at radius 1 is 1.45 bits per heavy atom. The summed E-state index contributed by atoms with van der Waals surface area (Å²) in [5, 5.41) is 0. The van der Waals surface area contributed by atoms with Crippen LogP contribution in [0.15, 0.2) is 17.0 Å². The van der Waals surface area contributed by atoms with Gasteiger partial charge in [-0.3, -0.25) is 4.79 Å². The molecule has 6 nitrogen and oxygen atoms in total. The van der Waals surface area contributed by atoms with Gasteiger partial charge in [-0.05, 0) is 24.6 Å². The molecule has 0 aliphatic heterocycles. The number of likely N-dealkylation sites (N-methyl/N-ethyl adjacent to an activating group) is 1. The maximum atomic E-state index is 13.3. The average Bonchev–Trinajstić information content (AvgIpc) is 2.39. The lowest BCUT2D eigenvalue weighted by molar-refractivity contribution is -0.140. The lowest BCUT2D eigenvalue weighted by Gasteiger charge is -2.20. The predicted octanol–water partition coefficient (Wildman–Crippen LogP) is 0.900. The fourth-order valence-corrected chi connectivity index (χ4v) is 3.30. The van der Waals surface area contributed by atoms with Crippen molar-refractivity contribution in [2.75, 3.05) is 25.9 Å². The van der Waals surface area contributed by atoms with Crippen LogP contribution in [-0.4, -0.2) is 38.9 Å². The molecule has 0 saturated carbocycles. The van der Waals surface area contributed by atoms with E-state index in [4.69, 9.17) is 5.73 Å². The summed E-state index contributed by atoms with van der Waals surface area (Å²) in [5.74, 6) is -1.36. The summed E-state index contributed by atoms with van der Waals surface area (Å²) in [4.78, 5) is 11.1. The number of halogens is 1. The third-order valence-electron chi connectivity index (χ3n) is 2.80. The zero-order valence-electron chi connectivity index (χ0n) is 11.5. The minimum absolute atomic E-state index is 0.0775. The standard InChI is InChI=1S/C12H17FN2O4S/c1-4-15(7-12(16)19-3)20(17,18)11-6-10(14)9(13)5-8(11)2/h5-6H,4,7,14H2,1-3H3. The van der Waals surface area contributed by atoms with Crippen LogP contribution in [-0.2, 0) is 19.6 Å². The van der Waals surface area contributed by atoms with Gasteiger partial charge in [-0.2, -0.15) is 4.31 Å². The molecular formula is C12H17FN2O4S. The molecule has 0 amide bonds. The summed E-state index contributed by atoms with van der Waals surface area (Å²) in [6.07, 6.45) is 0. The fourth-order valence-electron chi connectivity index (χ4n) is 1.66. The SMILES string of the molecule is CCN(CC(=O)OC)S(=O)(=O)c1cc(N)c(F)cc1C. The van der Waals surface area contributed by atoms with E-state index in [1.54, 1.807) is 6.92 Å². The molecule has 0 unspecified atom stereocenters. The summed E-state index contributed by atoms with van der Waals surface area (Å²) in [5.41, 5.74) is 5.37. The molecule has 8 heteroatoms. The van der Waals surface area contributed by atoms with E-state index in [-0.39, 0.29) is 22.7 Å². The number of nitrogen functional groups attached to an aromatic ring is 1. The number of nitrogens with zero attached hydrogens (tertiary/aromatic N) is 1. The first-order valence-corrected chi connectivity index (χ1v) is 7.30. The van der Waals surface area contributed by atoms with Crippen molar-refractivity contribution >= 4 is 21.7 Å². The van der Waals surface area contributed by atoms with E-state index in [2.05, 4.69) is 4.74 Å². The first kappa shape index (κ1) is 16.4. The van der Waals surface area contributed by atoms with Gasteiger partial charge in [0.25, 0.3) is 0 Å². The minimum atomic E-state index is -3.94. The van der Waals surface area contributed by atoms with Crippen LogP contribution < -0.4 is 5.73 Å². The van der Waals surface area contributed by atoms with Crippen molar-refractivity contribution in [2.45, 2.75) is 18.7 Å². The van der Waals surface area contributed by atoms with E-state index < -0.39 is 28.4 Å². The van der Waals surface area contributed by atoms with Crippen LogP contribution in [0.1, 0.15) is 12.5 Å². The zero-order chi connectivity index (χ0) is 15.5. The Morgan fingerprint density at radius 3 is 2.55 bits per heavy atom. The second-order valence-corrected chi connectivity index (χ2v) is 6.05. The van der Waals surface area contributed by atoms with Gasteiger partial charge in [0.15, 0.2) is 0 Å². The molecule has 112 valence electrons. The second-order valence-electron chi connectivity index (χ2n) is 4.15. The molecular weight excluding hydrogens is 287 g/mol. The number of carbonyl (C=O) groups is 1. The van der Waals surface area contributed by atoms with Crippen molar-refractivity contribution in [1.82, 2.24) is 4.31 Å². The molecule has 0 aromatic heterocycles. The lowest BCUT2D eigenvalue weighted by atomic mass is 10.2. The zero-order valence-corrected chi connectivity index (χ0v) is 12.3. The van der Waals surface area contributed by atoms with Crippen molar-refractivity contribution in [2.24, 2.45) is 0 Å². The number of sulfonamides is 1. The quantitative estimate of drug-likeness (QED) is 0.645. The average molecular weight is 304 g/mol. The fraction of sp³-hybridized carbons (Fsp3) is 0.417. The first-order chi connectivity index (χ1) is 9.23.